The van der Waals surface area contributed by atoms with Crippen molar-refractivity contribution in [3.63, 3.8) is 0 Å². The van der Waals surface area contributed by atoms with Gasteiger partial charge in [0, 0.05) is 19.7 Å². The molecule has 1 aliphatic carbocycles. The number of nitrogens with one attached hydrogen (secondary N) is 1. The highest BCUT2D eigenvalue weighted by Crippen LogP contribution is 2.43. The van der Waals surface area contributed by atoms with Gasteiger partial charge in [0.2, 0.25) is 5.91 Å². The average Bonchev–Trinajstić information content (AvgIpc) is 3.51. The van der Waals surface area contributed by atoms with Gasteiger partial charge in [0.1, 0.15) is 17.9 Å². The Kier molecular flexibility index (Phi) is 5.30. The minimum absolute atomic E-state index is 0.126. The highest BCUT2D eigenvalue weighted by Gasteiger charge is 2.55. The van der Waals surface area contributed by atoms with Crippen LogP contribution in [-0.2, 0) is 19.8 Å². The predicted octanol–water partition coefficient (Wildman–Crippen LogP) is 1.17. The highest BCUT2D eigenvalue weighted by molar-refractivity contribution is 5.82. The molecule has 28 heavy (non-hydrogen) atoms. The monoisotopic (exact) mass is 393 g/mol. The van der Waals surface area contributed by atoms with Crippen molar-refractivity contribution in [3.8, 4) is 5.75 Å². The number of nitrogens with zero attached hydrogens (tertiary/aromatic N) is 1. The summed E-state index contributed by atoms with van der Waals surface area (Å²) in [5.74, 6) is 0.134. The number of methoxy groups -OCH3 is 1. The summed E-state index contributed by atoms with van der Waals surface area (Å²) in [5.41, 5.74) is 5.46. The van der Waals surface area contributed by atoms with Crippen LogP contribution < -0.4 is 15.8 Å². The lowest BCUT2D eigenvalue weighted by molar-refractivity contribution is -0.169. The molecular weight excluding hydrogens is 365 g/mol. The van der Waals surface area contributed by atoms with Gasteiger partial charge in [0.15, 0.2) is 0 Å². The van der Waals surface area contributed by atoms with Gasteiger partial charge in [0.05, 0.1) is 37.4 Å². The number of carbonyl (C=O) groups excluding carboxylic acids is 1. The van der Waals surface area contributed by atoms with E-state index in [1.165, 1.54) is 23.8 Å². The van der Waals surface area contributed by atoms with Gasteiger partial charge in [-0.15, -0.1) is 0 Å². The second-order valence-corrected chi connectivity index (χ2v) is 8.08. The normalized spacial score (nSPS) is 32.9. The van der Waals surface area contributed by atoms with Crippen molar-refractivity contribution in [2.75, 3.05) is 34.0 Å². The molecule has 0 bridgehead atoms. The Bertz CT molecular complexity index is 744. The van der Waals surface area contributed by atoms with Gasteiger partial charge in [-0.05, 0) is 43.4 Å². The number of rotatable bonds is 6. The number of fused-ring (bicyclic) bond motifs is 1. The summed E-state index contributed by atoms with van der Waals surface area (Å²) in [5, 5.41) is 3.26. The van der Waals surface area contributed by atoms with Gasteiger partial charge in [-0.25, -0.2) is 4.39 Å². The smallest absolute Gasteiger partial charge is 0.230 e. The molecule has 7 nitrogen and oxygen atoms in total. The van der Waals surface area contributed by atoms with Crippen molar-refractivity contribution < 1.29 is 23.4 Å². The van der Waals surface area contributed by atoms with E-state index >= 15 is 0 Å². The van der Waals surface area contributed by atoms with Crippen LogP contribution in [0.3, 0.4) is 0 Å². The first-order valence-corrected chi connectivity index (χ1v) is 9.78. The first kappa shape index (κ1) is 19.6. The molecule has 8 heteroatoms. The number of nitrogens with two attached hydrogens (primary N) is 1. The second-order valence-electron chi connectivity index (χ2n) is 8.08. The Balaban J connectivity index is 1.69. The Morgan fingerprint density at radius 2 is 2.18 bits per heavy atom. The molecule has 3 aliphatic rings. The summed E-state index contributed by atoms with van der Waals surface area (Å²) in [6.45, 7) is 1.13. The fraction of sp³-hybridized carbons (Fsp3) is 0.650. The first-order chi connectivity index (χ1) is 13.4. The van der Waals surface area contributed by atoms with Crippen LogP contribution in [-0.4, -0.2) is 57.2 Å². The Hall–Kier alpha value is -1.74. The van der Waals surface area contributed by atoms with Crippen molar-refractivity contribution in [2.45, 2.75) is 37.2 Å². The van der Waals surface area contributed by atoms with E-state index in [9.17, 15) is 9.18 Å². The molecule has 1 amide bonds. The fourth-order valence-corrected chi connectivity index (χ4v) is 4.16. The van der Waals surface area contributed by atoms with Gasteiger partial charge < -0.3 is 19.1 Å². The number of hydrogen-bond donors (Lipinski definition) is 2. The molecule has 1 unspecified atom stereocenters. The maximum Gasteiger partial charge on any atom is 0.230 e. The summed E-state index contributed by atoms with van der Waals surface area (Å²) in [7, 11) is 3.24. The molecule has 154 valence electrons. The van der Waals surface area contributed by atoms with Crippen LogP contribution >= 0.6 is 0 Å². The van der Waals surface area contributed by atoms with E-state index in [4.69, 9.17) is 19.9 Å². The van der Waals surface area contributed by atoms with Crippen LogP contribution in [0.2, 0.25) is 0 Å². The van der Waals surface area contributed by atoms with E-state index in [-0.39, 0.29) is 18.6 Å². The Morgan fingerprint density at radius 3 is 2.89 bits per heavy atom. The first-order valence-electron chi connectivity index (χ1n) is 9.78. The number of carbonyl (C=O) groups is 1. The molecule has 3 fully saturated rings. The van der Waals surface area contributed by atoms with E-state index in [1.807, 2.05) is 0 Å². The van der Waals surface area contributed by atoms with Crippen molar-refractivity contribution in [2.24, 2.45) is 17.6 Å². The van der Waals surface area contributed by atoms with Crippen molar-refractivity contribution in [3.05, 3.63) is 29.6 Å². The SMILES string of the molecule is COC[C@H]1C[C@H]2C(=O)N(C)C(N)N[C@@]2(c2cc(OCC3CC3)ccc2F)CO1. The molecule has 1 aromatic rings. The molecule has 0 aromatic heterocycles. The number of hydrogen-bond acceptors (Lipinski definition) is 6. The highest BCUT2D eigenvalue weighted by atomic mass is 19.1. The maximum absolute atomic E-state index is 15.0. The average molecular weight is 393 g/mol. The molecule has 2 heterocycles. The number of amides is 1. The molecule has 2 aliphatic heterocycles. The third kappa shape index (κ3) is 3.50. The topological polar surface area (TPSA) is 86.1 Å². The molecule has 4 atom stereocenters. The van der Waals surface area contributed by atoms with Crippen LogP contribution in [0.4, 0.5) is 4.39 Å². The van der Waals surface area contributed by atoms with E-state index in [0.29, 0.717) is 36.9 Å². The summed E-state index contributed by atoms with van der Waals surface area (Å²) < 4.78 is 32.0. The predicted molar refractivity (Wildman–Crippen MR) is 99.9 cm³/mol. The van der Waals surface area contributed by atoms with Gasteiger partial charge in [-0.3, -0.25) is 15.8 Å². The van der Waals surface area contributed by atoms with Gasteiger partial charge in [0.25, 0.3) is 0 Å². The lowest BCUT2D eigenvalue weighted by atomic mass is 9.71. The molecular formula is C20H28FN3O4. The van der Waals surface area contributed by atoms with Gasteiger partial charge in [-0.1, -0.05) is 0 Å². The molecule has 1 saturated carbocycles. The lowest BCUT2D eigenvalue weighted by Crippen LogP contribution is -2.73. The summed E-state index contributed by atoms with van der Waals surface area (Å²) in [6, 6.07) is 4.70. The minimum Gasteiger partial charge on any atom is -0.493 e. The third-order valence-corrected chi connectivity index (χ3v) is 6.06. The zero-order chi connectivity index (χ0) is 19.9. The summed E-state index contributed by atoms with van der Waals surface area (Å²) in [6.07, 6.45) is 1.80. The van der Waals surface area contributed by atoms with Crippen LogP contribution in [0, 0.1) is 17.7 Å². The van der Waals surface area contributed by atoms with Crippen LogP contribution in [0.5, 0.6) is 5.75 Å². The maximum atomic E-state index is 15.0. The number of benzene rings is 1. The Morgan fingerprint density at radius 1 is 1.39 bits per heavy atom. The zero-order valence-electron chi connectivity index (χ0n) is 16.3. The molecule has 4 rings (SSSR count). The standard InChI is InChI=1S/C20H28FN3O4/c1-24-18(25)16-8-14(10-26-2)28-11-20(16,23-19(24)22)15-7-13(5-6-17(15)21)27-9-12-3-4-12/h5-7,12,14,16,19,23H,3-4,8-11,22H2,1-2H3/t14-,16+,19?,20-/m1/s1. The second kappa shape index (κ2) is 7.59. The fourth-order valence-electron chi connectivity index (χ4n) is 4.16. The molecule has 1 aromatic carbocycles. The lowest BCUT2D eigenvalue weighted by Gasteiger charge is -2.53. The van der Waals surface area contributed by atoms with E-state index < -0.39 is 23.6 Å². The van der Waals surface area contributed by atoms with Crippen LogP contribution in [0.25, 0.3) is 0 Å². The number of ether oxygens (including phenoxy) is 3. The Labute approximate surface area is 164 Å². The van der Waals surface area contributed by atoms with Crippen LogP contribution in [0.15, 0.2) is 18.2 Å². The largest absolute Gasteiger partial charge is 0.493 e. The van der Waals surface area contributed by atoms with E-state index in [0.717, 1.165) is 0 Å². The molecule has 2 saturated heterocycles. The molecule has 3 N–H and O–H groups in total. The molecule has 0 spiro atoms. The van der Waals surface area contributed by atoms with Crippen molar-refractivity contribution >= 4 is 5.91 Å². The number of halogens is 1. The van der Waals surface area contributed by atoms with Gasteiger partial charge >= 0.3 is 0 Å². The van der Waals surface area contributed by atoms with E-state index in [1.54, 1.807) is 26.3 Å². The van der Waals surface area contributed by atoms with Gasteiger partial charge in [-0.2, -0.15) is 0 Å². The minimum atomic E-state index is -1.05. The molecule has 0 radical (unpaired) electrons. The summed E-state index contributed by atoms with van der Waals surface area (Å²) in [4.78, 5) is 14.5. The van der Waals surface area contributed by atoms with Crippen molar-refractivity contribution in [1.29, 1.82) is 0 Å². The van der Waals surface area contributed by atoms with E-state index in [2.05, 4.69) is 5.32 Å². The summed E-state index contributed by atoms with van der Waals surface area (Å²) >= 11 is 0. The zero-order valence-corrected chi connectivity index (χ0v) is 16.3. The quantitative estimate of drug-likeness (QED) is 0.755. The third-order valence-electron chi connectivity index (χ3n) is 6.06. The van der Waals surface area contributed by atoms with Crippen molar-refractivity contribution in [1.82, 2.24) is 10.2 Å². The van der Waals surface area contributed by atoms with Crippen LogP contribution in [0.1, 0.15) is 24.8 Å².